The van der Waals surface area contributed by atoms with Crippen LogP contribution in [-0.4, -0.2) is 89.0 Å². The molecule has 8 aliphatic heterocycles. The molecular formula is C43H42N4O10S. The number of fused-ring (bicyclic) bond motifs is 11. The van der Waals surface area contributed by atoms with Crippen LogP contribution in [0.2, 0.25) is 0 Å². The molecule has 8 atom stereocenters. The lowest BCUT2D eigenvalue weighted by Crippen LogP contribution is -2.67. The summed E-state index contributed by atoms with van der Waals surface area (Å²) < 4.78 is 37.5. The van der Waals surface area contributed by atoms with Crippen LogP contribution in [-0.2, 0) is 31.8 Å². The molecule has 1 spiro atoms. The molecule has 12 rings (SSSR count). The normalized spacial score (nSPS) is 32.6. The number of methoxy groups -OCH3 is 1. The number of hydrogen-bond donors (Lipinski definition) is 3. The van der Waals surface area contributed by atoms with Crippen LogP contribution >= 0.6 is 11.8 Å². The first-order valence-corrected chi connectivity index (χ1v) is 20.7. The van der Waals surface area contributed by atoms with Gasteiger partial charge in [0.1, 0.15) is 29.2 Å². The highest BCUT2D eigenvalue weighted by Crippen LogP contribution is 2.71. The number of carbonyl (C=O) groups excluding carboxylic acids is 2. The number of aryl methyl sites for hydroxylation is 1. The number of hydrogen-bond acceptors (Lipinski definition) is 15. The summed E-state index contributed by atoms with van der Waals surface area (Å²) in [5.41, 5.74) is 2.57. The molecule has 14 nitrogen and oxygen atoms in total. The molecule has 4 bridgehead atoms. The molecular weight excluding hydrogens is 765 g/mol. The fourth-order valence-corrected chi connectivity index (χ4v) is 13.5. The lowest BCUT2D eigenvalue weighted by atomic mass is 9.72. The van der Waals surface area contributed by atoms with E-state index in [0.29, 0.717) is 70.4 Å². The Kier molecular flexibility index (Phi) is 7.50. The van der Waals surface area contributed by atoms with E-state index in [1.807, 2.05) is 38.1 Å². The Morgan fingerprint density at radius 1 is 1.14 bits per heavy atom. The fourth-order valence-electron chi connectivity index (χ4n) is 11.8. The second-order valence-corrected chi connectivity index (χ2v) is 18.1. The number of aliphatic hydroxyl groups excluding tert-OH is 1. The summed E-state index contributed by atoms with van der Waals surface area (Å²) in [6, 6.07) is 10.2. The molecule has 3 N–H and O–H groups in total. The number of aromatic hydroxyl groups is 1. The van der Waals surface area contributed by atoms with Crippen LogP contribution in [0.4, 0.5) is 0 Å². The van der Waals surface area contributed by atoms with Crippen LogP contribution in [0.1, 0.15) is 82.3 Å². The molecule has 3 aromatic carbocycles. The average molecular weight is 807 g/mol. The van der Waals surface area contributed by atoms with Crippen LogP contribution in [0.25, 0.3) is 11.0 Å². The lowest BCUT2D eigenvalue weighted by Gasteiger charge is -2.58. The molecule has 0 radical (unpaired) electrons. The topological polar surface area (TPSA) is 176 Å². The predicted molar refractivity (Wildman–Crippen MR) is 208 cm³/mol. The minimum atomic E-state index is -1.54. The number of carbonyl (C=O) groups is 2. The second kappa shape index (κ2) is 12.0. The van der Waals surface area contributed by atoms with Crippen molar-refractivity contribution in [1.82, 2.24) is 15.1 Å². The molecule has 0 aliphatic carbocycles. The van der Waals surface area contributed by atoms with Gasteiger partial charge in [0.05, 0.1) is 37.1 Å². The van der Waals surface area contributed by atoms with Crippen molar-refractivity contribution in [1.29, 1.82) is 5.26 Å². The molecule has 4 aromatic rings. The molecule has 15 heteroatoms. The quantitative estimate of drug-likeness (QED) is 0.190. The number of piperazine rings is 1. The number of rotatable bonds is 3. The number of thioether (sulfide) groups is 1. The number of ether oxygens (including phenoxy) is 5. The zero-order chi connectivity index (χ0) is 40.2. The van der Waals surface area contributed by atoms with Gasteiger partial charge in [-0.3, -0.25) is 19.9 Å². The molecule has 0 amide bonds. The van der Waals surface area contributed by atoms with Gasteiger partial charge in [0.15, 0.2) is 28.5 Å². The van der Waals surface area contributed by atoms with Crippen molar-refractivity contribution < 1.29 is 47.9 Å². The van der Waals surface area contributed by atoms with Gasteiger partial charge in [0, 0.05) is 76.5 Å². The zero-order valence-corrected chi connectivity index (χ0v) is 33.5. The number of nitrogens with zero attached hydrogens (tertiary/aromatic N) is 3. The lowest BCUT2D eigenvalue weighted by molar-refractivity contribution is -0.158. The van der Waals surface area contributed by atoms with Crippen LogP contribution in [0, 0.1) is 25.2 Å². The van der Waals surface area contributed by atoms with E-state index in [2.05, 4.69) is 34.2 Å². The van der Waals surface area contributed by atoms with Crippen LogP contribution in [0.5, 0.6) is 28.7 Å². The third kappa shape index (κ3) is 4.31. The number of benzene rings is 3. The van der Waals surface area contributed by atoms with Gasteiger partial charge < -0.3 is 38.3 Å². The number of para-hydroxylation sites is 1. The summed E-state index contributed by atoms with van der Waals surface area (Å²) in [5, 5.41) is 38.1. The molecule has 8 aliphatic rings. The molecule has 300 valence electrons. The van der Waals surface area contributed by atoms with Crippen LogP contribution < -0.4 is 24.3 Å². The van der Waals surface area contributed by atoms with Gasteiger partial charge in [-0.25, -0.2) is 4.79 Å². The molecule has 2 unspecified atom stereocenters. The molecule has 9 heterocycles. The minimum absolute atomic E-state index is 0.0531. The van der Waals surface area contributed by atoms with Crippen molar-refractivity contribution in [2.75, 3.05) is 39.4 Å². The third-order valence-corrected chi connectivity index (χ3v) is 15.4. The Morgan fingerprint density at radius 3 is 2.69 bits per heavy atom. The van der Waals surface area contributed by atoms with Crippen LogP contribution in [0.15, 0.2) is 34.7 Å². The highest BCUT2D eigenvalue weighted by Gasteiger charge is 2.72. The van der Waals surface area contributed by atoms with Crippen LogP contribution in [0.3, 0.4) is 0 Å². The molecule has 3 saturated heterocycles. The van der Waals surface area contributed by atoms with Gasteiger partial charge in [0.25, 0.3) is 0 Å². The Labute approximate surface area is 337 Å². The molecule has 3 fully saturated rings. The SMILES string of the molecule is COc1c(C)cc2c(c1O)C1[C@@H]3[C@@H]4SC[C@]5(N[C@H](CO)Cc6c5oc5ccccc65)C(=O)OC[C@@H](c5c6c(c(C)c(OC(C)=O)c54)OCO6)N3C3(C#N)CN1[C@]2(C)C3. The van der Waals surface area contributed by atoms with E-state index in [1.165, 1.54) is 18.7 Å². The first-order chi connectivity index (χ1) is 27.9. The standard InChI is InChI=1S/C43H42N4O10S/c1-19-10-25-28(33(50)34(19)52-5)31-32-38-30-29(37-36(54-18-55-37)20(2)35(30)56-21(3)49)26(47(32)42(15-44)14-41(25,4)46(31)16-42)13-53-40(51)43(17-58-38)39-24(11-22(12-48)45-43)23-8-6-7-9-27(23)57-39/h6-10,22,26,31-32,38,45,48,50H,11-14,16-18H2,1-5H3/t22-,26-,31?,32+,38+,41+,42?,43+/m0/s1. The molecule has 58 heavy (non-hydrogen) atoms. The average Bonchev–Trinajstić information content (AvgIpc) is 3.96. The van der Waals surface area contributed by atoms with Gasteiger partial charge in [0.2, 0.25) is 6.79 Å². The van der Waals surface area contributed by atoms with E-state index in [1.54, 1.807) is 7.11 Å². The summed E-state index contributed by atoms with van der Waals surface area (Å²) in [5.74, 6) is 1.07. The maximum Gasteiger partial charge on any atom is 0.335 e. The van der Waals surface area contributed by atoms with Gasteiger partial charge >= 0.3 is 11.9 Å². The van der Waals surface area contributed by atoms with E-state index in [0.717, 1.165) is 27.6 Å². The number of furan rings is 1. The third-order valence-electron chi connectivity index (χ3n) is 13.9. The summed E-state index contributed by atoms with van der Waals surface area (Å²) >= 11 is 1.46. The first-order valence-electron chi connectivity index (χ1n) is 19.6. The summed E-state index contributed by atoms with van der Waals surface area (Å²) in [7, 11) is 1.55. The van der Waals surface area contributed by atoms with Crippen molar-refractivity contribution >= 4 is 34.7 Å². The Hall–Kier alpha value is -4.98. The number of nitrogens with one attached hydrogen (secondary N) is 1. The molecule has 1 aromatic heterocycles. The highest BCUT2D eigenvalue weighted by molar-refractivity contribution is 7.99. The van der Waals surface area contributed by atoms with Crippen molar-refractivity contribution in [3.05, 3.63) is 75.0 Å². The Balaban J connectivity index is 1.20. The highest BCUT2D eigenvalue weighted by atomic mass is 32.2. The summed E-state index contributed by atoms with van der Waals surface area (Å²) in [4.78, 5) is 32.7. The largest absolute Gasteiger partial charge is 0.504 e. The summed E-state index contributed by atoms with van der Waals surface area (Å²) in [6.45, 7) is 7.10. The molecule has 0 saturated carbocycles. The van der Waals surface area contributed by atoms with Crippen molar-refractivity contribution in [2.24, 2.45) is 0 Å². The predicted octanol–water partition coefficient (Wildman–Crippen LogP) is 4.83. The van der Waals surface area contributed by atoms with Crippen molar-refractivity contribution in [3.8, 4) is 34.8 Å². The summed E-state index contributed by atoms with van der Waals surface area (Å²) in [6.07, 6.45) is 0.845. The van der Waals surface area contributed by atoms with E-state index in [-0.39, 0.29) is 31.5 Å². The van der Waals surface area contributed by atoms with E-state index < -0.39 is 58.0 Å². The first kappa shape index (κ1) is 36.1. The van der Waals surface area contributed by atoms with Crippen molar-refractivity contribution in [3.63, 3.8) is 0 Å². The number of aliphatic hydroxyl groups is 1. The Morgan fingerprint density at radius 2 is 1.93 bits per heavy atom. The Bertz CT molecular complexity index is 2570. The van der Waals surface area contributed by atoms with Crippen molar-refractivity contribution in [2.45, 2.75) is 86.6 Å². The number of nitriles is 1. The van der Waals surface area contributed by atoms with E-state index in [9.17, 15) is 20.3 Å². The second-order valence-electron chi connectivity index (χ2n) is 16.9. The fraction of sp³-hybridized carbons (Fsp3) is 0.465. The van der Waals surface area contributed by atoms with Gasteiger partial charge in [-0.1, -0.05) is 18.2 Å². The maximum atomic E-state index is 15.1. The van der Waals surface area contributed by atoms with Gasteiger partial charge in [-0.05, 0) is 50.5 Å². The number of phenols is 1. The monoisotopic (exact) mass is 806 g/mol. The van der Waals surface area contributed by atoms with E-state index >= 15 is 4.79 Å². The van der Waals surface area contributed by atoms with Gasteiger partial charge in [-0.15, -0.1) is 11.8 Å². The number of phenolic OH excluding ortho intramolecular Hbond substituents is 1. The number of esters is 2. The van der Waals surface area contributed by atoms with Gasteiger partial charge in [-0.2, -0.15) is 5.26 Å². The zero-order valence-electron chi connectivity index (χ0n) is 32.6. The minimum Gasteiger partial charge on any atom is -0.504 e. The smallest absolute Gasteiger partial charge is 0.335 e. The van der Waals surface area contributed by atoms with E-state index in [4.69, 9.17) is 28.1 Å². The maximum absolute atomic E-state index is 15.1.